The number of carbonyl (C=O) groups is 2. The van der Waals surface area contributed by atoms with Crippen molar-refractivity contribution in [3.8, 4) is 0 Å². The Morgan fingerprint density at radius 1 is 1.09 bits per heavy atom. The quantitative estimate of drug-likeness (QED) is 0.451. The fraction of sp³-hybridized carbons (Fsp3) is 0.364. The molecule has 2 rings (SSSR count). The van der Waals surface area contributed by atoms with Gasteiger partial charge in [-0.1, -0.05) is 52.1 Å². The second kappa shape index (κ2) is 12.1. The van der Waals surface area contributed by atoms with E-state index >= 15 is 0 Å². The molecule has 1 N–H and O–H groups in total. The lowest BCUT2D eigenvalue weighted by atomic mass is 10.1. The van der Waals surface area contributed by atoms with Crippen LogP contribution >= 0.6 is 39.1 Å². The number of rotatable bonds is 10. The minimum Gasteiger partial charge on any atom is -0.354 e. The van der Waals surface area contributed by atoms with Gasteiger partial charge in [0.1, 0.15) is 12.6 Å². The molecule has 0 saturated heterocycles. The molecule has 0 heterocycles. The van der Waals surface area contributed by atoms with Crippen LogP contribution in [0, 0.1) is 0 Å². The summed E-state index contributed by atoms with van der Waals surface area (Å²) in [5, 5.41) is 3.45. The van der Waals surface area contributed by atoms with Gasteiger partial charge in [0, 0.05) is 33.2 Å². The summed E-state index contributed by atoms with van der Waals surface area (Å²) in [6.45, 7) is 3.40. The van der Waals surface area contributed by atoms with Crippen molar-refractivity contribution in [3.63, 3.8) is 0 Å². The van der Waals surface area contributed by atoms with Gasteiger partial charge in [0.15, 0.2) is 0 Å². The maximum atomic E-state index is 13.4. The average molecular weight is 579 g/mol. The van der Waals surface area contributed by atoms with Crippen LogP contribution in [0.3, 0.4) is 0 Å². The van der Waals surface area contributed by atoms with Crippen molar-refractivity contribution in [2.75, 3.05) is 23.7 Å². The second-order valence-electron chi connectivity index (χ2n) is 7.43. The molecule has 2 aromatic carbocycles. The van der Waals surface area contributed by atoms with Gasteiger partial charge in [-0.2, -0.15) is 0 Å². The zero-order chi connectivity index (χ0) is 24.8. The maximum Gasteiger partial charge on any atom is 0.244 e. The number of carbonyl (C=O) groups excluding carboxylic acids is 2. The zero-order valence-corrected chi connectivity index (χ0v) is 22.4. The molecule has 0 fully saturated rings. The monoisotopic (exact) mass is 577 g/mol. The van der Waals surface area contributed by atoms with Gasteiger partial charge in [-0.3, -0.25) is 13.9 Å². The standard InChI is InChI=1S/C22H26BrCl2N3O4S/c1-4-12-26-22(30)15(2)27(13-18-19(24)6-5-7-20(18)25)21(29)14-28(33(3,31)32)17-10-8-16(23)9-11-17/h5-11,15H,4,12-14H2,1-3H3,(H,26,30). The maximum absolute atomic E-state index is 13.4. The Morgan fingerprint density at radius 2 is 1.67 bits per heavy atom. The average Bonchev–Trinajstić information content (AvgIpc) is 2.75. The number of anilines is 1. The fourth-order valence-corrected chi connectivity index (χ4v) is 4.68. The van der Waals surface area contributed by atoms with Crippen LogP contribution in [0.25, 0.3) is 0 Å². The number of halogens is 3. The summed E-state index contributed by atoms with van der Waals surface area (Å²) in [5.74, 6) is -0.929. The summed E-state index contributed by atoms with van der Waals surface area (Å²) < 4.78 is 26.8. The zero-order valence-electron chi connectivity index (χ0n) is 18.5. The lowest BCUT2D eigenvalue weighted by molar-refractivity contribution is -0.139. The molecule has 0 aliphatic carbocycles. The van der Waals surface area contributed by atoms with Crippen LogP contribution in [0.5, 0.6) is 0 Å². The van der Waals surface area contributed by atoms with Gasteiger partial charge in [-0.15, -0.1) is 0 Å². The molecule has 0 aliphatic heterocycles. The van der Waals surface area contributed by atoms with Gasteiger partial charge < -0.3 is 10.2 Å². The highest BCUT2D eigenvalue weighted by atomic mass is 79.9. The SMILES string of the molecule is CCCNC(=O)C(C)N(Cc1c(Cl)cccc1Cl)C(=O)CN(c1ccc(Br)cc1)S(C)(=O)=O. The Balaban J connectivity index is 2.42. The molecule has 1 unspecified atom stereocenters. The van der Waals surface area contributed by atoms with Gasteiger partial charge in [0.25, 0.3) is 0 Å². The summed E-state index contributed by atoms with van der Waals surface area (Å²) in [6, 6.07) is 10.6. The minimum absolute atomic E-state index is 0.0595. The van der Waals surface area contributed by atoms with Crippen molar-refractivity contribution >= 4 is 66.7 Å². The van der Waals surface area contributed by atoms with E-state index in [1.807, 2.05) is 6.92 Å². The molecular weight excluding hydrogens is 553 g/mol. The molecule has 7 nitrogen and oxygen atoms in total. The Hall–Kier alpha value is -1.81. The summed E-state index contributed by atoms with van der Waals surface area (Å²) in [4.78, 5) is 27.4. The van der Waals surface area contributed by atoms with E-state index in [-0.39, 0.29) is 12.5 Å². The third-order valence-corrected chi connectivity index (χ3v) is 7.28. The van der Waals surface area contributed by atoms with Crippen LogP contribution in [0.1, 0.15) is 25.8 Å². The minimum atomic E-state index is -3.79. The van der Waals surface area contributed by atoms with Crippen molar-refractivity contribution in [1.29, 1.82) is 0 Å². The van der Waals surface area contributed by atoms with E-state index in [4.69, 9.17) is 23.2 Å². The van der Waals surface area contributed by atoms with E-state index in [1.165, 1.54) is 4.90 Å². The summed E-state index contributed by atoms with van der Waals surface area (Å²) in [7, 11) is -3.79. The van der Waals surface area contributed by atoms with E-state index in [1.54, 1.807) is 49.4 Å². The Labute approximate surface area is 213 Å². The molecule has 2 aromatic rings. The number of sulfonamides is 1. The first-order chi connectivity index (χ1) is 15.5. The normalized spacial score (nSPS) is 12.2. The number of hydrogen-bond donors (Lipinski definition) is 1. The lowest BCUT2D eigenvalue weighted by Crippen LogP contribution is -2.51. The van der Waals surface area contributed by atoms with Crippen LogP contribution in [0.15, 0.2) is 46.9 Å². The largest absolute Gasteiger partial charge is 0.354 e. The van der Waals surface area contributed by atoms with Gasteiger partial charge >= 0.3 is 0 Å². The molecular formula is C22H26BrCl2N3O4S. The topological polar surface area (TPSA) is 86.8 Å². The molecule has 1 atom stereocenters. The van der Waals surface area contributed by atoms with Crippen molar-refractivity contribution in [2.45, 2.75) is 32.9 Å². The molecule has 0 radical (unpaired) electrons. The molecule has 0 saturated carbocycles. The van der Waals surface area contributed by atoms with E-state index in [9.17, 15) is 18.0 Å². The molecule has 0 spiro atoms. The molecule has 0 bridgehead atoms. The number of hydrogen-bond acceptors (Lipinski definition) is 4. The Bertz CT molecular complexity index is 1080. The predicted molar refractivity (Wildman–Crippen MR) is 136 cm³/mol. The highest BCUT2D eigenvalue weighted by Gasteiger charge is 2.30. The van der Waals surface area contributed by atoms with Crippen molar-refractivity contribution in [1.82, 2.24) is 10.2 Å². The van der Waals surface area contributed by atoms with Gasteiger partial charge in [-0.25, -0.2) is 8.42 Å². The first-order valence-electron chi connectivity index (χ1n) is 10.2. The highest BCUT2D eigenvalue weighted by molar-refractivity contribution is 9.10. The third-order valence-electron chi connectivity index (χ3n) is 4.90. The van der Waals surface area contributed by atoms with Gasteiger partial charge in [0.05, 0.1) is 11.9 Å². The first kappa shape index (κ1) is 27.4. The number of nitrogens with one attached hydrogen (secondary N) is 1. The van der Waals surface area contributed by atoms with E-state index in [0.29, 0.717) is 27.8 Å². The third kappa shape index (κ3) is 7.60. The molecule has 33 heavy (non-hydrogen) atoms. The predicted octanol–water partition coefficient (Wildman–Crippen LogP) is 4.47. The molecule has 180 valence electrons. The summed E-state index contributed by atoms with van der Waals surface area (Å²) in [5.41, 5.74) is 0.798. The number of nitrogens with zero attached hydrogens (tertiary/aromatic N) is 2. The smallest absolute Gasteiger partial charge is 0.244 e. The van der Waals surface area contributed by atoms with E-state index in [2.05, 4.69) is 21.2 Å². The fourth-order valence-electron chi connectivity index (χ4n) is 3.05. The van der Waals surface area contributed by atoms with Crippen LogP contribution in [0.2, 0.25) is 10.0 Å². The van der Waals surface area contributed by atoms with Crippen LogP contribution in [-0.4, -0.2) is 50.5 Å². The van der Waals surface area contributed by atoms with E-state index < -0.39 is 28.5 Å². The van der Waals surface area contributed by atoms with Crippen molar-refractivity contribution in [3.05, 3.63) is 62.5 Å². The van der Waals surface area contributed by atoms with Crippen molar-refractivity contribution < 1.29 is 18.0 Å². The molecule has 0 aliphatic rings. The van der Waals surface area contributed by atoms with Gasteiger partial charge in [-0.05, 0) is 49.7 Å². The number of benzene rings is 2. The van der Waals surface area contributed by atoms with E-state index in [0.717, 1.165) is 21.5 Å². The second-order valence-corrected chi connectivity index (χ2v) is 11.1. The van der Waals surface area contributed by atoms with Crippen molar-refractivity contribution in [2.24, 2.45) is 0 Å². The van der Waals surface area contributed by atoms with Crippen LogP contribution in [-0.2, 0) is 26.2 Å². The van der Waals surface area contributed by atoms with Crippen LogP contribution in [0.4, 0.5) is 5.69 Å². The lowest BCUT2D eigenvalue weighted by Gasteiger charge is -2.32. The molecule has 11 heteroatoms. The van der Waals surface area contributed by atoms with Crippen LogP contribution < -0.4 is 9.62 Å². The number of amides is 2. The first-order valence-corrected chi connectivity index (χ1v) is 13.6. The Morgan fingerprint density at radius 3 is 2.18 bits per heavy atom. The molecule has 2 amide bonds. The Kier molecular flexibility index (Phi) is 10.0. The highest BCUT2D eigenvalue weighted by Crippen LogP contribution is 2.27. The summed E-state index contributed by atoms with van der Waals surface area (Å²) >= 11 is 15.9. The molecule has 0 aromatic heterocycles. The van der Waals surface area contributed by atoms with Gasteiger partial charge in [0.2, 0.25) is 21.8 Å². The summed E-state index contributed by atoms with van der Waals surface area (Å²) in [6.07, 6.45) is 1.75.